The molecule has 0 heterocycles. The number of Topliss-reactive ketones (excluding diaryl/α,β-unsaturated/α-hetero) is 1. The molecule has 4 heteroatoms. The van der Waals surface area contributed by atoms with E-state index in [0.717, 1.165) is 5.56 Å². The Kier molecular flexibility index (Phi) is 4.05. The molecule has 0 aliphatic heterocycles. The van der Waals surface area contributed by atoms with Crippen molar-refractivity contribution in [3.63, 3.8) is 0 Å². The first-order chi connectivity index (χ1) is 7.52. The number of nitrogens with two attached hydrogens (primary N) is 1. The van der Waals surface area contributed by atoms with Gasteiger partial charge < -0.3 is 10.8 Å². The van der Waals surface area contributed by atoms with E-state index < -0.39 is 5.97 Å². The summed E-state index contributed by atoms with van der Waals surface area (Å²) < 4.78 is 0. The van der Waals surface area contributed by atoms with Crippen LogP contribution in [0.4, 0.5) is 5.69 Å². The predicted octanol–water partition coefficient (Wildman–Crippen LogP) is 2.01. The van der Waals surface area contributed by atoms with E-state index in [1.165, 1.54) is 0 Å². The molecule has 16 heavy (non-hydrogen) atoms. The fraction of sp³-hybridized carbons (Fsp3) is 0.333. The average molecular weight is 221 g/mol. The lowest BCUT2D eigenvalue weighted by Crippen LogP contribution is -2.06. The van der Waals surface area contributed by atoms with Crippen molar-refractivity contribution in [3.05, 3.63) is 29.3 Å². The number of carbonyl (C=O) groups excluding carboxylic acids is 1. The number of rotatable bonds is 5. The molecule has 0 bridgehead atoms. The first-order valence-electron chi connectivity index (χ1n) is 5.12. The third kappa shape index (κ3) is 3.08. The molecule has 0 saturated heterocycles. The zero-order valence-electron chi connectivity index (χ0n) is 9.19. The van der Waals surface area contributed by atoms with Gasteiger partial charge in [0.15, 0.2) is 5.78 Å². The Labute approximate surface area is 94.1 Å². The number of carbonyl (C=O) groups is 2. The van der Waals surface area contributed by atoms with E-state index in [4.69, 9.17) is 10.8 Å². The number of aryl methyl sites for hydroxylation is 1. The summed E-state index contributed by atoms with van der Waals surface area (Å²) in [5, 5.41) is 8.46. The second kappa shape index (κ2) is 5.30. The van der Waals surface area contributed by atoms with Crippen molar-refractivity contribution < 1.29 is 14.7 Å². The van der Waals surface area contributed by atoms with Gasteiger partial charge in [0, 0.05) is 24.1 Å². The summed E-state index contributed by atoms with van der Waals surface area (Å²) in [6, 6.07) is 5.28. The topological polar surface area (TPSA) is 80.4 Å². The van der Waals surface area contributed by atoms with Crippen LogP contribution in [0.15, 0.2) is 18.2 Å². The van der Waals surface area contributed by atoms with E-state index in [1.807, 2.05) is 13.0 Å². The zero-order chi connectivity index (χ0) is 12.1. The smallest absolute Gasteiger partial charge is 0.303 e. The molecular weight excluding hydrogens is 206 g/mol. The fourth-order valence-corrected chi connectivity index (χ4v) is 1.46. The molecule has 0 aromatic heterocycles. The molecule has 0 aliphatic carbocycles. The van der Waals surface area contributed by atoms with Crippen molar-refractivity contribution in [1.29, 1.82) is 0 Å². The quantitative estimate of drug-likeness (QED) is 0.588. The van der Waals surface area contributed by atoms with Gasteiger partial charge in [-0.2, -0.15) is 0 Å². The molecule has 1 aromatic carbocycles. The van der Waals surface area contributed by atoms with E-state index in [0.29, 0.717) is 17.7 Å². The molecular formula is C12H15NO3. The predicted molar refractivity (Wildman–Crippen MR) is 61.4 cm³/mol. The van der Waals surface area contributed by atoms with Gasteiger partial charge in [-0.1, -0.05) is 12.1 Å². The lowest BCUT2D eigenvalue weighted by atomic mass is 10.0. The summed E-state index contributed by atoms with van der Waals surface area (Å²) in [5.41, 5.74) is 7.62. The van der Waals surface area contributed by atoms with E-state index >= 15 is 0 Å². The maximum absolute atomic E-state index is 11.7. The van der Waals surface area contributed by atoms with Crippen molar-refractivity contribution in [2.75, 3.05) is 5.73 Å². The van der Waals surface area contributed by atoms with Gasteiger partial charge >= 0.3 is 5.97 Å². The van der Waals surface area contributed by atoms with Crippen LogP contribution >= 0.6 is 0 Å². The summed E-state index contributed by atoms with van der Waals surface area (Å²) in [6.45, 7) is 1.84. The molecule has 0 unspecified atom stereocenters. The van der Waals surface area contributed by atoms with Gasteiger partial charge in [-0.3, -0.25) is 9.59 Å². The van der Waals surface area contributed by atoms with Crippen LogP contribution in [0.2, 0.25) is 0 Å². The average Bonchev–Trinajstić information content (AvgIpc) is 2.21. The highest BCUT2D eigenvalue weighted by Gasteiger charge is 2.11. The summed E-state index contributed by atoms with van der Waals surface area (Å²) in [5.74, 6) is -0.979. The number of carboxylic acids is 1. The van der Waals surface area contributed by atoms with Crippen LogP contribution < -0.4 is 5.73 Å². The third-order valence-electron chi connectivity index (χ3n) is 2.42. The highest BCUT2D eigenvalue weighted by molar-refractivity contribution is 6.01. The SMILES string of the molecule is Cc1cccc(C(=O)CCCC(=O)O)c1N. The Morgan fingerprint density at radius 2 is 2.00 bits per heavy atom. The summed E-state index contributed by atoms with van der Waals surface area (Å²) in [4.78, 5) is 22.0. The van der Waals surface area contributed by atoms with Crippen molar-refractivity contribution in [3.8, 4) is 0 Å². The summed E-state index contributed by atoms with van der Waals surface area (Å²) in [7, 11) is 0. The monoisotopic (exact) mass is 221 g/mol. The summed E-state index contributed by atoms with van der Waals surface area (Å²) in [6.07, 6.45) is 0.582. The van der Waals surface area contributed by atoms with E-state index in [9.17, 15) is 9.59 Å². The van der Waals surface area contributed by atoms with Crippen LogP contribution in [0.5, 0.6) is 0 Å². The second-order valence-electron chi connectivity index (χ2n) is 3.71. The molecule has 0 atom stereocenters. The van der Waals surface area contributed by atoms with Gasteiger partial charge in [-0.15, -0.1) is 0 Å². The number of aliphatic carboxylic acids is 1. The molecule has 0 aliphatic rings. The van der Waals surface area contributed by atoms with Crippen LogP contribution in [-0.2, 0) is 4.79 Å². The van der Waals surface area contributed by atoms with Crippen LogP contribution in [0.3, 0.4) is 0 Å². The number of ketones is 1. The molecule has 0 fully saturated rings. The molecule has 0 spiro atoms. The number of anilines is 1. The normalized spacial score (nSPS) is 10.1. The van der Waals surface area contributed by atoms with Crippen LogP contribution in [0.1, 0.15) is 35.2 Å². The minimum atomic E-state index is -0.884. The van der Waals surface area contributed by atoms with Gasteiger partial charge in [0.2, 0.25) is 0 Å². The Morgan fingerprint density at radius 1 is 1.31 bits per heavy atom. The molecule has 0 radical (unpaired) electrons. The van der Waals surface area contributed by atoms with E-state index in [2.05, 4.69) is 0 Å². The molecule has 3 N–H and O–H groups in total. The Bertz CT molecular complexity index is 413. The van der Waals surface area contributed by atoms with Gasteiger partial charge in [-0.05, 0) is 25.0 Å². The lowest BCUT2D eigenvalue weighted by molar-refractivity contribution is -0.137. The summed E-state index contributed by atoms with van der Waals surface area (Å²) >= 11 is 0. The van der Waals surface area contributed by atoms with Crippen molar-refractivity contribution in [2.45, 2.75) is 26.2 Å². The molecule has 0 amide bonds. The minimum Gasteiger partial charge on any atom is -0.481 e. The number of benzene rings is 1. The van der Waals surface area contributed by atoms with Crippen LogP contribution in [0, 0.1) is 6.92 Å². The fourth-order valence-electron chi connectivity index (χ4n) is 1.46. The first-order valence-corrected chi connectivity index (χ1v) is 5.12. The first kappa shape index (κ1) is 12.2. The zero-order valence-corrected chi connectivity index (χ0v) is 9.19. The molecule has 4 nitrogen and oxygen atoms in total. The maximum Gasteiger partial charge on any atom is 0.303 e. The molecule has 1 rings (SSSR count). The van der Waals surface area contributed by atoms with Crippen molar-refractivity contribution in [2.24, 2.45) is 0 Å². The molecule has 0 saturated carbocycles. The van der Waals surface area contributed by atoms with Gasteiger partial charge in [0.05, 0.1) is 0 Å². The Morgan fingerprint density at radius 3 is 2.62 bits per heavy atom. The van der Waals surface area contributed by atoms with E-state index in [1.54, 1.807) is 12.1 Å². The number of hydrogen-bond acceptors (Lipinski definition) is 3. The van der Waals surface area contributed by atoms with E-state index in [-0.39, 0.29) is 18.6 Å². The Balaban J connectivity index is 2.66. The van der Waals surface area contributed by atoms with Crippen molar-refractivity contribution >= 4 is 17.4 Å². The van der Waals surface area contributed by atoms with Crippen LogP contribution in [0.25, 0.3) is 0 Å². The number of carboxylic acid groups (broad SMARTS) is 1. The molecule has 1 aromatic rings. The minimum absolute atomic E-state index is 0.0114. The van der Waals surface area contributed by atoms with Gasteiger partial charge in [-0.25, -0.2) is 0 Å². The van der Waals surface area contributed by atoms with Gasteiger partial charge in [0.1, 0.15) is 0 Å². The number of para-hydroxylation sites is 1. The standard InChI is InChI=1S/C12H15NO3/c1-8-4-2-5-9(12(8)13)10(14)6-3-7-11(15)16/h2,4-5H,3,6-7,13H2,1H3,(H,15,16). The Hall–Kier alpha value is -1.84. The largest absolute Gasteiger partial charge is 0.481 e. The third-order valence-corrected chi connectivity index (χ3v) is 2.42. The highest BCUT2D eigenvalue weighted by atomic mass is 16.4. The van der Waals surface area contributed by atoms with Gasteiger partial charge in [0.25, 0.3) is 0 Å². The molecule has 86 valence electrons. The highest BCUT2D eigenvalue weighted by Crippen LogP contribution is 2.18. The number of nitrogen functional groups attached to an aromatic ring is 1. The van der Waals surface area contributed by atoms with Crippen molar-refractivity contribution in [1.82, 2.24) is 0 Å². The number of hydrogen-bond donors (Lipinski definition) is 2. The lowest BCUT2D eigenvalue weighted by Gasteiger charge is -2.06. The second-order valence-corrected chi connectivity index (χ2v) is 3.71. The maximum atomic E-state index is 11.7. The van der Waals surface area contributed by atoms with Crippen LogP contribution in [-0.4, -0.2) is 16.9 Å².